The van der Waals surface area contributed by atoms with Crippen LogP contribution in [0.2, 0.25) is 0 Å². The van der Waals surface area contributed by atoms with Crippen LogP contribution in [0.5, 0.6) is 0 Å². The zero-order valence-corrected chi connectivity index (χ0v) is 18.6. The number of hydrogen-bond donors (Lipinski definition) is 2. The first-order valence-corrected chi connectivity index (χ1v) is 11.3. The van der Waals surface area contributed by atoms with E-state index in [0.717, 1.165) is 34.4 Å². The smallest absolute Gasteiger partial charge is 0.338 e. The highest BCUT2D eigenvalue weighted by Crippen LogP contribution is 2.55. The minimum Gasteiger partial charge on any atom is -0.338 e. The Morgan fingerprint density at radius 3 is 2.67 bits per heavy atom. The van der Waals surface area contributed by atoms with Crippen LogP contribution in [0, 0.1) is 0 Å². The number of hydrogen-bond acceptors (Lipinski definition) is 5. The van der Waals surface area contributed by atoms with Crippen LogP contribution >= 0.6 is 0 Å². The summed E-state index contributed by atoms with van der Waals surface area (Å²) in [5.41, 5.74) is 2.75. The van der Waals surface area contributed by atoms with E-state index < -0.39 is 30.6 Å². The number of nitrogens with zero attached hydrogens (tertiary/aromatic N) is 4. The van der Waals surface area contributed by atoms with E-state index in [1.165, 1.54) is 0 Å². The van der Waals surface area contributed by atoms with Crippen molar-refractivity contribution in [1.82, 2.24) is 29.8 Å². The second-order valence-corrected chi connectivity index (χ2v) is 9.12. The number of aromatic nitrogens is 4. The molecule has 36 heavy (non-hydrogen) atoms. The first-order valence-electron chi connectivity index (χ1n) is 11.3. The standard InChI is InChI=1S/C24H19F3N6O3/c25-24(26,27)11-32-5-3-20(34)16-7-12(1-2-19(16)32)13-8-14(13)15-9-18(31-33-6-4-28-21(15)33)17-10-29-23(36)30-22(17)35/h1-7,9,13-14,17H,8,10-11H2,(H2,29,30,35,36)/t13-,14+,17?/m1/s1. The molecule has 3 aromatic heterocycles. The Kier molecular flexibility index (Phi) is 4.88. The number of carbonyl (C=O) groups is 2. The number of alkyl halides is 3. The average molecular weight is 496 g/mol. The van der Waals surface area contributed by atoms with Crippen LogP contribution in [0.4, 0.5) is 18.0 Å². The molecule has 184 valence electrons. The van der Waals surface area contributed by atoms with Crippen LogP contribution in [0.3, 0.4) is 0 Å². The highest BCUT2D eigenvalue weighted by molar-refractivity contribution is 6.00. The molecular formula is C24H19F3N6O3. The third-order valence-corrected chi connectivity index (χ3v) is 6.75. The van der Waals surface area contributed by atoms with Crippen molar-refractivity contribution < 1.29 is 22.8 Å². The minimum atomic E-state index is -4.41. The van der Waals surface area contributed by atoms with Gasteiger partial charge in [0.2, 0.25) is 5.91 Å². The SMILES string of the molecule is O=C1NCC(c2cc([C@H]3C[C@@H]3c3ccc4c(c3)c(=O)ccn4CC(F)(F)F)c3nccn3n2)C(=O)N1. The molecule has 2 aliphatic rings. The lowest BCUT2D eigenvalue weighted by Crippen LogP contribution is -2.51. The highest BCUT2D eigenvalue weighted by atomic mass is 19.4. The fourth-order valence-electron chi connectivity index (χ4n) is 4.97. The highest BCUT2D eigenvalue weighted by Gasteiger charge is 2.42. The number of rotatable bonds is 4. The molecule has 1 aliphatic heterocycles. The summed E-state index contributed by atoms with van der Waals surface area (Å²) in [5, 5.41) is 9.60. The molecule has 4 heterocycles. The Bertz CT molecular complexity index is 1610. The number of halogens is 3. The van der Waals surface area contributed by atoms with Crippen LogP contribution < -0.4 is 16.1 Å². The Balaban J connectivity index is 1.35. The summed E-state index contributed by atoms with van der Waals surface area (Å²) in [7, 11) is 0. The normalized spacial score (nSPS) is 22.0. The summed E-state index contributed by atoms with van der Waals surface area (Å²) in [6.07, 6.45) is 0.783. The van der Waals surface area contributed by atoms with Crippen LogP contribution in [0.25, 0.3) is 16.6 Å². The lowest BCUT2D eigenvalue weighted by molar-refractivity contribution is -0.140. The van der Waals surface area contributed by atoms with Crippen molar-refractivity contribution in [3.8, 4) is 0 Å². The van der Waals surface area contributed by atoms with Gasteiger partial charge >= 0.3 is 12.2 Å². The van der Waals surface area contributed by atoms with E-state index in [4.69, 9.17) is 0 Å². The van der Waals surface area contributed by atoms with Crippen molar-refractivity contribution in [1.29, 1.82) is 0 Å². The van der Waals surface area contributed by atoms with Crippen LogP contribution in [-0.4, -0.2) is 43.8 Å². The van der Waals surface area contributed by atoms with Crippen molar-refractivity contribution in [3.05, 3.63) is 76.0 Å². The summed E-state index contributed by atoms with van der Waals surface area (Å²) in [5.74, 6) is -1.04. The largest absolute Gasteiger partial charge is 0.406 e. The van der Waals surface area contributed by atoms with Crippen LogP contribution in [0.15, 0.2) is 53.7 Å². The molecule has 1 aromatic carbocycles. The van der Waals surface area contributed by atoms with Crippen molar-refractivity contribution in [2.45, 2.75) is 36.9 Å². The molecule has 1 saturated heterocycles. The molecule has 0 radical (unpaired) electrons. The number of pyridine rings is 1. The summed E-state index contributed by atoms with van der Waals surface area (Å²) in [4.78, 5) is 40.7. The fourth-order valence-corrected chi connectivity index (χ4v) is 4.97. The number of imide groups is 1. The molecular weight excluding hydrogens is 477 g/mol. The van der Waals surface area contributed by atoms with Gasteiger partial charge in [0.25, 0.3) is 0 Å². The first kappa shape index (κ1) is 22.3. The van der Waals surface area contributed by atoms with E-state index in [0.29, 0.717) is 11.3 Å². The van der Waals surface area contributed by atoms with Crippen molar-refractivity contribution in [2.24, 2.45) is 0 Å². The lowest BCUT2D eigenvalue weighted by atomic mass is 9.98. The van der Waals surface area contributed by atoms with Crippen LogP contribution in [-0.2, 0) is 11.3 Å². The molecule has 12 heteroatoms. The molecule has 3 amide bonds. The number of carbonyl (C=O) groups excluding carboxylic acids is 2. The van der Waals surface area contributed by atoms with E-state index in [1.54, 1.807) is 35.1 Å². The Morgan fingerprint density at radius 1 is 1.06 bits per heavy atom. The zero-order valence-electron chi connectivity index (χ0n) is 18.6. The fraction of sp³-hybridized carbons (Fsp3) is 0.292. The lowest BCUT2D eigenvalue weighted by Gasteiger charge is -2.22. The maximum atomic E-state index is 13.0. The van der Waals surface area contributed by atoms with Gasteiger partial charge in [0.05, 0.1) is 17.1 Å². The van der Waals surface area contributed by atoms with Crippen molar-refractivity contribution >= 4 is 28.5 Å². The van der Waals surface area contributed by atoms with Gasteiger partial charge in [-0.1, -0.05) is 6.07 Å². The molecule has 0 bridgehead atoms. The molecule has 6 rings (SSSR count). The van der Waals surface area contributed by atoms with E-state index in [9.17, 15) is 27.6 Å². The second kappa shape index (κ2) is 7.90. The van der Waals surface area contributed by atoms with Gasteiger partial charge in [-0.2, -0.15) is 18.3 Å². The molecule has 2 fully saturated rings. The average Bonchev–Trinajstić information content (AvgIpc) is 3.47. The van der Waals surface area contributed by atoms with Crippen molar-refractivity contribution in [3.63, 3.8) is 0 Å². The molecule has 9 nitrogen and oxygen atoms in total. The van der Waals surface area contributed by atoms with Gasteiger partial charge in [0.1, 0.15) is 6.54 Å². The van der Waals surface area contributed by atoms with Gasteiger partial charge in [-0.15, -0.1) is 0 Å². The Labute approximate surface area is 200 Å². The minimum absolute atomic E-state index is 0.0245. The quantitative estimate of drug-likeness (QED) is 0.452. The van der Waals surface area contributed by atoms with Gasteiger partial charge in [0, 0.05) is 42.2 Å². The molecule has 1 saturated carbocycles. The number of urea groups is 1. The van der Waals surface area contributed by atoms with Gasteiger partial charge in [-0.25, -0.2) is 14.3 Å². The predicted octanol–water partition coefficient (Wildman–Crippen LogP) is 2.80. The van der Waals surface area contributed by atoms with Gasteiger partial charge in [-0.05, 0) is 42.0 Å². The number of imidazole rings is 1. The summed E-state index contributed by atoms with van der Waals surface area (Å²) >= 11 is 0. The van der Waals surface area contributed by atoms with Gasteiger partial charge < -0.3 is 9.88 Å². The van der Waals surface area contributed by atoms with Crippen LogP contribution in [0.1, 0.15) is 41.0 Å². The maximum Gasteiger partial charge on any atom is 0.406 e. The predicted molar refractivity (Wildman–Crippen MR) is 122 cm³/mol. The van der Waals surface area contributed by atoms with Gasteiger partial charge in [0.15, 0.2) is 11.1 Å². The zero-order chi connectivity index (χ0) is 25.2. The molecule has 1 unspecified atom stereocenters. The number of nitrogens with one attached hydrogen (secondary N) is 2. The second-order valence-electron chi connectivity index (χ2n) is 9.12. The van der Waals surface area contributed by atoms with E-state index in [2.05, 4.69) is 20.7 Å². The molecule has 1 aliphatic carbocycles. The summed E-state index contributed by atoms with van der Waals surface area (Å²) in [6, 6.07) is 7.42. The third-order valence-electron chi connectivity index (χ3n) is 6.75. The van der Waals surface area contributed by atoms with E-state index >= 15 is 0 Å². The van der Waals surface area contributed by atoms with Gasteiger partial charge in [-0.3, -0.25) is 14.9 Å². The Morgan fingerprint density at radius 2 is 1.89 bits per heavy atom. The molecule has 4 aromatic rings. The van der Waals surface area contributed by atoms with E-state index in [1.807, 2.05) is 6.07 Å². The molecule has 3 atom stereocenters. The molecule has 0 spiro atoms. The number of benzene rings is 1. The first-order chi connectivity index (χ1) is 17.2. The monoisotopic (exact) mass is 496 g/mol. The van der Waals surface area contributed by atoms with E-state index in [-0.39, 0.29) is 34.7 Å². The topological polar surface area (TPSA) is 110 Å². The van der Waals surface area contributed by atoms with Crippen molar-refractivity contribution in [2.75, 3.05) is 6.54 Å². The summed E-state index contributed by atoms with van der Waals surface area (Å²) < 4.78 is 41.6. The summed E-state index contributed by atoms with van der Waals surface area (Å²) in [6.45, 7) is -1.05. The number of fused-ring (bicyclic) bond motifs is 2. The maximum absolute atomic E-state index is 13.0. The Hall–Kier alpha value is -4.22. The molecule has 2 N–H and O–H groups in total. The number of amides is 3. The third kappa shape index (κ3) is 3.88.